The van der Waals surface area contributed by atoms with Crippen molar-refractivity contribution in [2.75, 3.05) is 23.7 Å². The highest BCUT2D eigenvalue weighted by Crippen LogP contribution is 2.15. The Hall–Kier alpha value is -3.69. The van der Waals surface area contributed by atoms with E-state index < -0.39 is 28.9 Å². The molecule has 0 fully saturated rings. The van der Waals surface area contributed by atoms with Crippen LogP contribution in [0.1, 0.15) is 15.9 Å². The highest BCUT2D eigenvalue weighted by Gasteiger charge is 2.18. The van der Waals surface area contributed by atoms with Gasteiger partial charge in [-0.25, -0.2) is 18.2 Å². The van der Waals surface area contributed by atoms with Gasteiger partial charge in [-0.05, 0) is 42.8 Å². The fraction of sp³-hybridized carbons (Fsp3) is 0.158. The number of hydrogen-bond acceptors (Lipinski definition) is 6. The van der Waals surface area contributed by atoms with Gasteiger partial charge >= 0.3 is 0 Å². The first-order valence-electron chi connectivity index (χ1n) is 8.63. The second-order valence-corrected chi connectivity index (χ2v) is 6.06. The molecule has 0 unspecified atom stereocenters. The zero-order valence-electron chi connectivity index (χ0n) is 15.3. The third-order valence-corrected chi connectivity index (χ3v) is 3.83. The van der Waals surface area contributed by atoms with Crippen LogP contribution < -0.4 is 16.0 Å². The molecule has 0 spiro atoms. The van der Waals surface area contributed by atoms with Crippen molar-refractivity contribution in [3.63, 3.8) is 0 Å². The highest BCUT2D eigenvalue weighted by molar-refractivity contribution is 5.94. The molecule has 7 nitrogen and oxygen atoms in total. The van der Waals surface area contributed by atoms with Gasteiger partial charge in [-0.3, -0.25) is 4.79 Å². The van der Waals surface area contributed by atoms with Crippen LogP contribution in [0.15, 0.2) is 42.6 Å². The molecule has 1 amide bonds. The number of aromatic nitrogens is 3. The molecule has 0 saturated carbocycles. The van der Waals surface area contributed by atoms with Crippen LogP contribution in [-0.4, -0.2) is 34.2 Å². The Balaban J connectivity index is 1.46. The summed E-state index contributed by atoms with van der Waals surface area (Å²) in [5.74, 6) is -3.80. The fourth-order valence-corrected chi connectivity index (χ4v) is 2.33. The lowest BCUT2D eigenvalue weighted by Crippen LogP contribution is -2.29. The van der Waals surface area contributed by atoms with E-state index in [0.29, 0.717) is 23.5 Å². The molecule has 0 saturated heterocycles. The van der Waals surface area contributed by atoms with Gasteiger partial charge in [0.05, 0.1) is 5.56 Å². The Bertz CT molecular complexity index is 996. The number of amides is 1. The Morgan fingerprint density at radius 2 is 1.62 bits per heavy atom. The second-order valence-electron chi connectivity index (χ2n) is 6.06. The van der Waals surface area contributed by atoms with Crippen LogP contribution >= 0.6 is 0 Å². The predicted molar refractivity (Wildman–Crippen MR) is 101 cm³/mol. The van der Waals surface area contributed by atoms with Crippen molar-refractivity contribution in [2.45, 2.75) is 6.92 Å². The molecule has 0 atom stereocenters. The lowest BCUT2D eigenvalue weighted by atomic mass is 10.2. The third kappa shape index (κ3) is 5.18. The quantitative estimate of drug-likeness (QED) is 0.415. The van der Waals surface area contributed by atoms with Crippen molar-refractivity contribution >= 4 is 23.4 Å². The summed E-state index contributed by atoms with van der Waals surface area (Å²) >= 11 is 0. The minimum Gasteiger partial charge on any atom is -0.367 e. The molecule has 1 aromatic carbocycles. The maximum Gasteiger partial charge on any atom is 0.254 e. The number of nitrogens with one attached hydrogen (secondary N) is 3. The standard InChI is InChI=1S/C19H17F3N6O/c1-11-2-5-14(25-10-11)26-16-7-6-15(27-28-16)23-8-9-24-19(29)12-3-4-13(20)18(22)17(12)21/h2-7,10H,8-9H2,1H3,(H,23,27)(H,24,29)(H,25,26,28). The van der Waals surface area contributed by atoms with Crippen LogP contribution in [0.3, 0.4) is 0 Å². The third-order valence-electron chi connectivity index (χ3n) is 3.83. The zero-order valence-corrected chi connectivity index (χ0v) is 15.3. The van der Waals surface area contributed by atoms with Crippen molar-refractivity contribution in [3.8, 4) is 0 Å². The molecule has 2 heterocycles. The molecular formula is C19H17F3N6O. The summed E-state index contributed by atoms with van der Waals surface area (Å²) in [7, 11) is 0. The summed E-state index contributed by atoms with van der Waals surface area (Å²) in [6.07, 6.45) is 1.73. The van der Waals surface area contributed by atoms with E-state index >= 15 is 0 Å². The normalized spacial score (nSPS) is 10.5. The Morgan fingerprint density at radius 1 is 0.897 bits per heavy atom. The molecule has 0 aliphatic carbocycles. The average molecular weight is 402 g/mol. The minimum atomic E-state index is -1.68. The van der Waals surface area contributed by atoms with Crippen LogP contribution in [0, 0.1) is 24.4 Å². The van der Waals surface area contributed by atoms with Crippen molar-refractivity contribution in [3.05, 3.63) is 71.2 Å². The summed E-state index contributed by atoms with van der Waals surface area (Å²) < 4.78 is 39.7. The lowest BCUT2D eigenvalue weighted by Gasteiger charge is -2.09. The van der Waals surface area contributed by atoms with Crippen LogP contribution in [0.2, 0.25) is 0 Å². The molecule has 150 valence electrons. The molecule has 0 bridgehead atoms. The smallest absolute Gasteiger partial charge is 0.254 e. The van der Waals surface area contributed by atoms with Gasteiger partial charge in [-0.2, -0.15) is 0 Å². The monoisotopic (exact) mass is 402 g/mol. The van der Waals surface area contributed by atoms with E-state index in [1.54, 1.807) is 18.3 Å². The minimum absolute atomic E-state index is 0.103. The van der Waals surface area contributed by atoms with Gasteiger partial charge in [-0.15, -0.1) is 10.2 Å². The summed E-state index contributed by atoms with van der Waals surface area (Å²) in [4.78, 5) is 16.1. The highest BCUT2D eigenvalue weighted by atomic mass is 19.2. The molecular weight excluding hydrogens is 385 g/mol. The Morgan fingerprint density at radius 3 is 2.31 bits per heavy atom. The number of anilines is 3. The number of benzene rings is 1. The summed E-state index contributed by atoms with van der Waals surface area (Å²) in [6, 6.07) is 8.70. The van der Waals surface area contributed by atoms with Crippen molar-refractivity contribution in [1.29, 1.82) is 0 Å². The van der Waals surface area contributed by atoms with Gasteiger partial charge < -0.3 is 16.0 Å². The summed E-state index contributed by atoms with van der Waals surface area (Å²) in [5.41, 5.74) is 0.476. The number of carbonyl (C=O) groups excluding carboxylic acids is 1. The molecule has 29 heavy (non-hydrogen) atoms. The van der Waals surface area contributed by atoms with Crippen LogP contribution in [0.5, 0.6) is 0 Å². The molecule has 10 heteroatoms. The maximum absolute atomic E-state index is 13.6. The lowest BCUT2D eigenvalue weighted by molar-refractivity contribution is 0.0950. The average Bonchev–Trinajstić information content (AvgIpc) is 2.72. The van der Waals surface area contributed by atoms with E-state index in [9.17, 15) is 18.0 Å². The first-order valence-corrected chi connectivity index (χ1v) is 8.63. The van der Waals surface area contributed by atoms with Gasteiger partial charge in [0.2, 0.25) is 0 Å². The molecule has 3 aromatic rings. The number of halogens is 3. The number of hydrogen-bond donors (Lipinski definition) is 3. The molecule has 0 aliphatic rings. The molecule has 0 aliphatic heterocycles. The van der Waals surface area contributed by atoms with Gasteiger partial charge in [0.25, 0.3) is 5.91 Å². The zero-order chi connectivity index (χ0) is 20.8. The second kappa shape index (κ2) is 9.00. The number of pyridine rings is 1. The van der Waals surface area contributed by atoms with E-state index in [1.165, 1.54) is 0 Å². The maximum atomic E-state index is 13.6. The van der Waals surface area contributed by atoms with E-state index in [4.69, 9.17) is 0 Å². The van der Waals surface area contributed by atoms with E-state index in [2.05, 4.69) is 31.1 Å². The topological polar surface area (TPSA) is 91.8 Å². The van der Waals surface area contributed by atoms with Gasteiger partial charge in [0.1, 0.15) is 11.6 Å². The van der Waals surface area contributed by atoms with E-state index in [1.807, 2.05) is 19.1 Å². The van der Waals surface area contributed by atoms with E-state index in [0.717, 1.165) is 11.6 Å². The molecule has 3 rings (SSSR count). The van der Waals surface area contributed by atoms with Crippen LogP contribution in [0.25, 0.3) is 0 Å². The fourth-order valence-electron chi connectivity index (χ4n) is 2.33. The van der Waals surface area contributed by atoms with E-state index in [-0.39, 0.29) is 13.1 Å². The van der Waals surface area contributed by atoms with Gasteiger partial charge in [-0.1, -0.05) is 6.07 Å². The number of rotatable bonds is 7. The number of nitrogens with zero attached hydrogens (tertiary/aromatic N) is 3. The first kappa shape index (κ1) is 20.1. The van der Waals surface area contributed by atoms with Gasteiger partial charge in [0.15, 0.2) is 23.3 Å². The van der Waals surface area contributed by atoms with Gasteiger partial charge in [0, 0.05) is 19.3 Å². The molecule has 0 radical (unpaired) electrons. The number of aryl methyl sites for hydroxylation is 1. The van der Waals surface area contributed by atoms with Crippen LogP contribution in [0.4, 0.5) is 30.6 Å². The Labute approximate surface area is 164 Å². The van der Waals surface area contributed by atoms with Crippen molar-refractivity contribution in [1.82, 2.24) is 20.5 Å². The Kier molecular flexibility index (Phi) is 6.22. The predicted octanol–water partition coefficient (Wildman–Crippen LogP) is 3.18. The molecule has 3 N–H and O–H groups in total. The SMILES string of the molecule is Cc1ccc(Nc2ccc(NCCNC(=O)c3ccc(F)c(F)c3F)nn2)nc1. The van der Waals surface area contributed by atoms with Crippen molar-refractivity contribution < 1.29 is 18.0 Å². The van der Waals surface area contributed by atoms with Crippen LogP contribution in [-0.2, 0) is 0 Å². The first-order chi connectivity index (χ1) is 13.9. The molecule has 2 aromatic heterocycles. The summed E-state index contributed by atoms with van der Waals surface area (Å²) in [5, 5.41) is 16.3. The number of carbonyl (C=O) groups is 1. The van der Waals surface area contributed by atoms with Crippen molar-refractivity contribution in [2.24, 2.45) is 0 Å². The summed E-state index contributed by atoms with van der Waals surface area (Å²) in [6.45, 7) is 2.30. The largest absolute Gasteiger partial charge is 0.367 e.